The number of benzene rings is 1. The van der Waals surface area contributed by atoms with Gasteiger partial charge in [0, 0.05) is 18.8 Å². The smallest absolute Gasteiger partial charge is 0.406 e. The predicted octanol–water partition coefficient (Wildman–Crippen LogP) is 2.80. The minimum Gasteiger partial charge on any atom is -0.406 e. The molecule has 0 amide bonds. The second-order valence-electron chi connectivity index (χ2n) is 3.38. The molecular weight excluding hydrogens is 207 g/mol. The number of hydrogen-bond acceptors (Lipinski definition) is 2. The molecule has 1 heterocycles. The molecule has 1 aliphatic heterocycles. The number of ether oxygens (including phenoxy) is 1. The van der Waals surface area contributed by atoms with E-state index in [1.165, 1.54) is 12.1 Å². The monoisotopic (exact) mass is 217 g/mol. The molecule has 0 unspecified atom stereocenters. The fraction of sp³-hybridized carbons (Fsp3) is 0.400. The molecular formula is C10H10F3NO. The minimum atomic E-state index is -4.61. The summed E-state index contributed by atoms with van der Waals surface area (Å²) in [5, 5.41) is 0. The molecule has 1 saturated heterocycles. The van der Waals surface area contributed by atoms with Crippen molar-refractivity contribution in [2.45, 2.75) is 12.8 Å². The summed E-state index contributed by atoms with van der Waals surface area (Å²) in [6.07, 6.45) is -3.47. The van der Waals surface area contributed by atoms with Gasteiger partial charge in [-0.1, -0.05) is 0 Å². The van der Waals surface area contributed by atoms with Gasteiger partial charge in [0.1, 0.15) is 5.75 Å². The Balaban J connectivity index is 2.03. The average Bonchev–Trinajstić information content (AvgIpc) is 2.02. The van der Waals surface area contributed by atoms with Crippen molar-refractivity contribution in [1.29, 1.82) is 0 Å². The van der Waals surface area contributed by atoms with Crippen LogP contribution < -0.4 is 9.64 Å². The third-order valence-corrected chi connectivity index (χ3v) is 2.29. The zero-order valence-electron chi connectivity index (χ0n) is 7.92. The molecule has 0 spiro atoms. The first kappa shape index (κ1) is 10.1. The van der Waals surface area contributed by atoms with Crippen LogP contribution in [0.5, 0.6) is 5.75 Å². The number of alkyl halides is 3. The predicted molar refractivity (Wildman–Crippen MR) is 50.0 cm³/mol. The fourth-order valence-electron chi connectivity index (χ4n) is 1.43. The average molecular weight is 217 g/mol. The van der Waals surface area contributed by atoms with E-state index < -0.39 is 6.36 Å². The Kier molecular flexibility index (Phi) is 2.46. The van der Waals surface area contributed by atoms with Crippen LogP contribution in [0.2, 0.25) is 0 Å². The van der Waals surface area contributed by atoms with Gasteiger partial charge in [0.25, 0.3) is 0 Å². The largest absolute Gasteiger partial charge is 0.573 e. The lowest BCUT2D eigenvalue weighted by Gasteiger charge is -2.33. The molecule has 1 aliphatic rings. The number of rotatable bonds is 2. The van der Waals surface area contributed by atoms with Gasteiger partial charge in [-0.2, -0.15) is 0 Å². The Morgan fingerprint density at radius 3 is 2.07 bits per heavy atom. The molecule has 15 heavy (non-hydrogen) atoms. The number of nitrogens with zero attached hydrogens (tertiary/aromatic N) is 1. The highest BCUT2D eigenvalue weighted by molar-refractivity contribution is 5.50. The van der Waals surface area contributed by atoms with Gasteiger partial charge in [0.15, 0.2) is 0 Å². The second-order valence-corrected chi connectivity index (χ2v) is 3.38. The summed E-state index contributed by atoms with van der Waals surface area (Å²) >= 11 is 0. The molecule has 0 atom stereocenters. The highest BCUT2D eigenvalue weighted by atomic mass is 19.4. The maximum atomic E-state index is 11.8. The van der Waals surface area contributed by atoms with E-state index in [9.17, 15) is 13.2 Å². The van der Waals surface area contributed by atoms with Gasteiger partial charge in [-0.05, 0) is 30.7 Å². The van der Waals surface area contributed by atoms with Crippen LogP contribution in [0, 0.1) is 0 Å². The van der Waals surface area contributed by atoms with E-state index in [1.807, 2.05) is 0 Å². The summed E-state index contributed by atoms with van der Waals surface area (Å²) in [5.41, 5.74) is 0.941. The minimum absolute atomic E-state index is 0.174. The first-order valence-corrected chi connectivity index (χ1v) is 4.65. The van der Waals surface area contributed by atoms with Gasteiger partial charge in [-0.15, -0.1) is 13.2 Å². The third-order valence-electron chi connectivity index (χ3n) is 2.29. The highest BCUT2D eigenvalue weighted by Gasteiger charge is 2.31. The summed E-state index contributed by atoms with van der Waals surface area (Å²) in [7, 11) is 0. The van der Waals surface area contributed by atoms with Crippen molar-refractivity contribution in [2.24, 2.45) is 0 Å². The van der Waals surface area contributed by atoms with E-state index in [-0.39, 0.29) is 5.75 Å². The molecule has 1 fully saturated rings. The van der Waals surface area contributed by atoms with Crippen LogP contribution in [0.1, 0.15) is 6.42 Å². The molecule has 1 aromatic carbocycles. The summed E-state index contributed by atoms with van der Waals surface area (Å²) in [5.74, 6) is -0.174. The van der Waals surface area contributed by atoms with Crippen molar-refractivity contribution >= 4 is 5.69 Å². The first-order chi connectivity index (χ1) is 7.04. The Morgan fingerprint density at radius 1 is 1.07 bits per heavy atom. The number of hydrogen-bond donors (Lipinski definition) is 0. The number of anilines is 1. The van der Waals surface area contributed by atoms with Crippen molar-refractivity contribution in [2.75, 3.05) is 18.0 Å². The van der Waals surface area contributed by atoms with Crippen LogP contribution in [0.25, 0.3) is 0 Å². The van der Waals surface area contributed by atoms with E-state index in [0.29, 0.717) is 0 Å². The van der Waals surface area contributed by atoms with Crippen LogP contribution >= 0.6 is 0 Å². The first-order valence-electron chi connectivity index (χ1n) is 4.65. The summed E-state index contributed by atoms with van der Waals surface area (Å²) < 4.78 is 39.3. The Hall–Kier alpha value is -1.39. The molecule has 82 valence electrons. The van der Waals surface area contributed by atoms with Crippen LogP contribution in [-0.4, -0.2) is 19.5 Å². The summed E-state index contributed by atoms with van der Waals surface area (Å²) in [6.45, 7) is 1.94. The van der Waals surface area contributed by atoms with Crippen LogP contribution in [-0.2, 0) is 0 Å². The molecule has 0 N–H and O–H groups in total. The summed E-state index contributed by atoms with van der Waals surface area (Å²) in [6, 6.07) is 5.95. The SMILES string of the molecule is FC(F)(F)Oc1ccc(N2CCC2)cc1. The van der Waals surface area contributed by atoms with Crippen LogP contribution in [0.3, 0.4) is 0 Å². The second kappa shape index (κ2) is 3.64. The van der Waals surface area contributed by atoms with Crippen molar-refractivity contribution in [3.8, 4) is 5.75 Å². The van der Waals surface area contributed by atoms with Gasteiger partial charge in [-0.3, -0.25) is 0 Å². The van der Waals surface area contributed by atoms with E-state index >= 15 is 0 Å². The molecule has 2 nitrogen and oxygen atoms in total. The van der Waals surface area contributed by atoms with E-state index in [4.69, 9.17) is 0 Å². The van der Waals surface area contributed by atoms with Crippen molar-refractivity contribution in [1.82, 2.24) is 0 Å². The lowest BCUT2D eigenvalue weighted by molar-refractivity contribution is -0.274. The maximum absolute atomic E-state index is 11.8. The molecule has 0 saturated carbocycles. The zero-order chi connectivity index (χ0) is 10.9. The van der Waals surface area contributed by atoms with Crippen molar-refractivity contribution in [3.63, 3.8) is 0 Å². The molecule has 0 aliphatic carbocycles. The Morgan fingerprint density at radius 2 is 1.67 bits per heavy atom. The van der Waals surface area contributed by atoms with Crippen LogP contribution in [0.15, 0.2) is 24.3 Å². The van der Waals surface area contributed by atoms with Gasteiger partial charge < -0.3 is 9.64 Å². The molecule has 5 heteroatoms. The van der Waals surface area contributed by atoms with Gasteiger partial charge in [0.05, 0.1) is 0 Å². The molecule has 1 aromatic rings. The Labute approximate surface area is 85.3 Å². The van der Waals surface area contributed by atoms with Crippen LogP contribution in [0.4, 0.5) is 18.9 Å². The fourth-order valence-corrected chi connectivity index (χ4v) is 1.43. The van der Waals surface area contributed by atoms with E-state index in [1.54, 1.807) is 12.1 Å². The number of halogens is 3. The lowest BCUT2D eigenvalue weighted by atomic mass is 10.2. The van der Waals surface area contributed by atoms with Gasteiger partial charge in [-0.25, -0.2) is 0 Å². The summed E-state index contributed by atoms with van der Waals surface area (Å²) in [4.78, 5) is 2.09. The standard InChI is InChI=1S/C10H10F3NO/c11-10(12,13)15-9-4-2-8(3-5-9)14-6-1-7-14/h2-5H,1,6-7H2. The Bertz CT molecular complexity index is 330. The topological polar surface area (TPSA) is 12.5 Å². The van der Waals surface area contributed by atoms with Gasteiger partial charge >= 0.3 is 6.36 Å². The maximum Gasteiger partial charge on any atom is 0.573 e. The molecule has 2 rings (SSSR count). The van der Waals surface area contributed by atoms with E-state index in [0.717, 1.165) is 25.2 Å². The van der Waals surface area contributed by atoms with Crippen molar-refractivity contribution < 1.29 is 17.9 Å². The van der Waals surface area contributed by atoms with E-state index in [2.05, 4.69) is 9.64 Å². The molecule has 0 radical (unpaired) electrons. The highest BCUT2D eigenvalue weighted by Crippen LogP contribution is 2.26. The van der Waals surface area contributed by atoms with Gasteiger partial charge in [0.2, 0.25) is 0 Å². The zero-order valence-corrected chi connectivity index (χ0v) is 7.92. The lowest BCUT2D eigenvalue weighted by Crippen LogP contribution is -2.36. The normalized spacial score (nSPS) is 16.1. The van der Waals surface area contributed by atoms with Crippen molar-refractivity contribution in [3.05, 3.63) is 24.3 Å². The molecule has 0 aromatic heterocycles. The third kappa shape index (κ3) is 2.55. The quantitative estimate of drug-likeness (QED) is 0.755. The molecule has 0 bridgehead atoms.